The van der Waals surface area contributed by atoms with Crippen LogP contribution in [0.1, 0.15) is 48.0 Å². The van der Waals surface area contributed by atoms with E-state index in [0.29, 0.717) is 17.1 Å². The summed E-state index contributed by atoms with van der Waals surface area (Å²) in [4.78, 5) is 39.3. The number of hydrogen-bond donors (Lipinski definition) is 0. The van der Waals surface area contributed by atoms with Gasteiger partial charge in [-0.3, -0.25) is 0 Å². The number of nitrogens with zero attached hydrogens (tertiary/aromatic N) is 3. The molecule has 0 unspecified atom stereocenters. The van der Waals surface area contributed by atoms with Crippen LogP contribution in [0.3, 0.4) is 0 Å². The van der Waals surface area contributed by atoms with Gasteiger partial charge in [0.15, 0.2) is 0 Å². The molecular formula is C28H35N3O3. The lowest BCUT2D eigenvalue weighted by Crippen LogP contribution is -1.59. The van der Waals surface area contributed by atoms with Gasteiger partial charge in [0, 0.05) is 0 Å². The summed E-state index contributed by atoms with van der Waals surface area (Å²) in [5, 5.41) is 0. The topological polar surface area (TPSA) is 88.3 Å². The summed E-state index contributed by atoms with van der Waals surface area (Å²) >= 11 is 0. The smallest absolute Gasteiger partial charge is 0.211 e. The first-order valence-electron chi connectivity index (χ1n) is 10.5. The number of hydrogen-bond acceptors (Lipinski definition) is 6. The first kappa shape index (κ1) is 34.4. The summed E-state index contributed by atoms with van der Waals surface area (Å²) < 4.78 is 0. The predicted molar refractivity (Wildman–Crippen MR) is 141 cm³/mol. The lowest BCUT2D eigenvalue weighted by molar-refractivity contribution is 0.564. The third-order valence-corrected chi connectivity index (χ3v) is 2.79. The summed E-state index contributed by atoms with van der Waals surface area (Å²) in [6.07, 6.45) is 6.88. The Morgan fingerprint density at radius 1 is 0.471 bits per heavy atom. The van der Waals surface area contributed by atoms with Crippen LogP contribution in [0, 0.1) is 0 Å². The first-order chi connectivity index (χ1) is 16.1. The Labute approximate surface area is 203 Å². The second-order valence-electron chi connectivity index (χ2n) is 6.03. The number of benzene rings is 3. The highest BCUT2D eigenvalue weighted by Gasteiger charge is 1.81. The zero-order valence-electron chi connectivity index (χ0n) is 19.6. The molecule has 3 aromatic carbocycles. The van der Waals surface area contributed by atoms with E-state index in [9.17, 15) is 14.4 Å². The van der Waals surface area contributed by atoms with Crippen molar-refractivity contribution in [3.8, 4) is 0 Å². The molecule has 0 heterocycles. The minimum absolute atomic E-state index is 0. The Hall–Kier alpha value is -4.20. The molecule has 0 saturated carbocycles. The molecule has 0 amide bonds. The Bertz CT molecular complexity index is 830. The molecular weight excluding hydrogens is 426 g/mol. The zero-order chi connectivity index (χ0) is 25.0. The molecule has 0 spiro atoms. The van der Waals surface area contributed by atoms with Crippen LogP contribution in [0.2, 0.25) is 0 Å². The van der Waals surface area contributed by atoms with Gasteiger partial charge in [-0.15, -0.1) is 0 Å². The molecule has 0 fully saturated rings. The molecule has 0 aliphatic heterocycles. The van der Waals surface area contributed by atoms with Gasteiger partial charge in [-0.25, -0.2) is 14.4 Å². The summed E-state index contributed by atoms with van der Waals surface area (Å²) in [7, 11) is 0. The van der Waals surface area contributed by atoms with Gasteiger partial charge in [-0.2, -0.15) is 15.0 Å². The SMILES string of the molecule is C.CCC.CCC.O=C=Nc1ccccc1.O=C=Nc1ccccc1.O=C=Nc1ccccc1. The summed E-state index contributed by atoms with van der Waals surface area (Å²) in [5.74, 6) is 0. The number of rotatable bonds is 3. The molecule has 34 heavy (non-hydrogen) atoms. The minimum atomic E-state index is 0. The van der Waals surface area contributed by atoms with Gasteiger partial charge in [0.1, 0.15) is 0 Å². The van der Waals surface area contributed by atoms with Gasteiger partial charge in [0.25, 0.3) is 0 Å². The van der Waals surface area contributed by atoms with Gasteiger partial charge >= 0.3 is 0 Å². The van der Waals surface area contributed by atoms with Crippen molar-refractivity contribution in [2.24, 2.45) is 15.0 Å². The van der Waals surface area contributed by atoms with E-state index < -0.39 is 0 Å². The molecule has 0 aromatic heterocycles. The second kappa shape index (κ2) is 28.8. The summed E-state index contributed by atoms with van der Waals surface area (Å²) in [6.45, 7) is 8.50. The number of carbonyl (C=O) groups excluding carboxylic acids is 3. The molecule has 0 bridgehead atoms. The molecule has 0 atom stereocenters. The second-order valence-corrected chi connectivity index (χ2v) is 6.03. The maximum Gasteiger partial charge on any atom is 0.240 e. The normalized spacial score (nSPS) is 7.41. The van der Waals surface area contributed by atoms with E-state index in [-0.39, 0.29) is 7.43 Å². The van der Waals surface area contributed by atoms with Crippen LogP contribution in [0.4, 0.5) is 17.1 Å². The molecule has 180 valence electrons. The largest absolute Gasteiger partial charge is 0.240 e. The van der Waals surface area contributed by atoms with E-state index in [1.54, 1.807) is 36.4 Å². The van der Waals surface area contributed by atoms with Crippen LogP contribution in [0.5, 0.6) is 0 Å². The molecule has 0 N–H and O–H groups in total. The number of isocyanates is 3. The van der Waals surface area contributed by atoms with E-state index >= 15 is 0 Å². The molecule has 0 aliphatic rings. The van der Waals surface area contributed by atoms with Crippen LogP contribution < -0.4 is 0 Å². The maximum absolute atomic E-state index is 9.68. The third kappa shape index (κ3) is 24.1. The van der Waals surface area contributed by atoms with Gasteiger partial charge in [0.2, 0.25) is 18.2 Å². The van der Waals surface area contributed by atoms with Crippen molar-refractivity contribution < 1.29 is 14.4 Å². The van der Waals surface area contributed by atoms with Crippen LogP contribution in [-0.4, -0.2) is 18.2 Å². The summed E-state index contributed by atoms with van der Waals surface area (Å²) in [5.41, 5.74) is 1.94. The van der Waals surface area contributed by atoms with Crippen molar-refractivity contribution in [2.75, 3.05) is 0 Å². The fraction of sp³-hybridized carbons (Fsp3) is 0.250. The predicted octanol–water partition coefficient (Wildman–Crippen LogP) is 8.43. The fourth-order valence-corrected chi connectivity index (χ4v) is 1.67. The van der Waals surface area contributed by atoms with E-state index in [4.69, 9.17) is 0 Å². The van der Waals surface area contributed by atoms with Crippen molar-refractivity contribution >= 4 is 35.3 Å². The highest BCUT2D eigenvalue weighted by molar-refractivity contribution is 5.49. The van der Waals surface area contributed by atoms with Crippen molar-refractivity contribution in [3.05, 3.63) is 91.0 Å². The van der Waals surface area contributed by atoms with E-state index in [1.165, 1.54) is 31.1 Å². The van der Waals surface area contributed by atoms with Crippen molar-refractivity contribution in [1.82, 2.24) is 0 Å². The average Bonchev–Trinajstić information content (AvgIpc) is 2.84. The van der Waals surface area contributed by atoms with Gasteiger partial charge in [0.05, 0.1) is 17.1 Å². The highest BCUT2D eigenvalue weighted by Crippen LogP contribution is 2.08. The monoisotopic (exact) mass is 461 g/mol. The lowest BCUT2D eigenvalue weighted by atomic mass is 10.3. The van der Waals surface area contributed by atoms with E-state index in [0.717, 1.165) is 0 Å². The Morgan fingerprint density at radius 2 is 0.647 bits per heavy atom. The molecule has 0 radical (unpaired) electrons. The molecule has 0 aliphatic carbocycles. The fourth-order valence-electron chi connectivity index (χ4n) is 1.67. The highest BCUT2D eigenvalue weighted by atomic mass is 16.1. The molecule has 3 aromatic rings. The van der Waals surface area contributed by atoms with Gasteiger partial charge in [-0.1, -0.05) is 103 Å². The Morgan fingerprint density at radius 3 is 0.794 bits per heavy atom. The number of aliphatic imine (C=N–C) groups is 3. The Kier molecular flexibility index (Phi) is 29.2. The van der Waals surface area contributed by atoms with Crippen LogP contribution in [0.15, 0.2) is 106 Å². The number of para-hydroxylation sites is 3. The lowest BCUT2D eigenvalue weighted by Gasteiger charge is -1.83. The molecule has 0 saturated heterocycles. The van der Waals surface area contributed by atoms with E-state index in [2.05, 4.69) is 42.7 Å². The zero-order valence-corrected chi connectivity index (χ0v) is 19.6. The van der Waals surface area contributed by atoms with Crippen molar-refractivity contribution in [2.45, 2.75) is 48.0 Å². The van der Waals surface area contributed by atoms with Crippen molar-refractivity contribution in [1.29, 1.82) is 0 Å². The van der Waals surface area contributed by atoms with Crippen molar-refractivity contribution in [3.63, 3.8) is 0 Å². The summed E-state index contributed by atoms with van der Waals surface area (Å²) in [6, 6.07) is 26.9. The quantitative estimate of drug-likeness (QED) is 0.289. The van der Waals surface area contributed by atoms with Crippen LogP contribution in [-0.2, 0) is 14.4 Å². The van der Waals surface area contributed by atoms with Crippen LogP contribution >= 0.6 is 0 Å². The average molecular weight is 462 g/mol. The standard InChI is InChI=1S/3C7H5NO.2C3H8.CH4/c3*9-6-8-7-4-2-1-3-5-7;2*1-3-2;/h3*1-5H;2*3H2,1-2H3;1H4. The third-order valence-electron chi connectivity index (χ3n) is 2.79. The van der Waals surface area contributed by atoms with Crippen LogP contribution in [0.25, 0.3) is 0 Å². The Balaban J connectivity index is -0.000000375. The minimum Gasteiger partial charge on any atom is -0.211 e. The molecule has 3 rings (SSSR count). The van der Waals surface area contributed by atoms with E-state index in [1.807, 2.05) is 54.6 Å². The van der Waals surface area contributed by atoms with Gasteiger partial charge in [-0.05, 0) is 36.4 Å². The van der Waals surface area contributed by atoms with Gasteiger partial charge < -0.3 is 0 Å². The molecule has 6 nitrogen and oxygen atoms in total. The maximum atomic E-state index is 9.68. The first-order valence-corrected chi connectivity index (χ1v) is 10.5. The molecule has 6 heteroatoms.